The zero-order valence-corrected chi connectivity index (χ0v) is 35.1. The van der Waals surface area contributed by atoms with Gasteiger partial charge < -0.3 is 14.3 Å². The summed E-state index contributed by atoms with van der Waals surface area (Å²) in [6, 6.07) is 54.6. The highest BCUT2D eigenvalue weighted by Crippen LogP contribution is 2.51. The molecule has 0 bridgehead atoms. The van der Waals surface area contributed by atoms with Gasteiger partial charge in [0.15, 0.2) is 7.28 Å². The van der Waals surface area contributed by atoms with Crippen molar-refractivity contribution in [3.63, 3.8) is 0 Å². The second-order valence-electron chi connectivity index (χ2n) is 18.6. The average Bonchev–Trinajstić information content (AvgIpc) is 3.96. The summed E-state index contributed by atoms with van der Waals surface area (Å²) in [7, 11) is 0.830. The average molecular weight is 789 g/mol. The molecule has 0 fully saturated rings. The van der Waals surface area contributed by atoms with E-state index in [2.05, 4.69) is 190 Å². The Bertz CT molecular complexity index is 3670. The third-order valence-electron chi connectivity index (χ3n) is 13.8. The van der Waals surface area contributed by atoms with Gasteiger partial charge in [0.1, 0.15) is 11.2 Å². The fourth-order valence-electron chi connectivity index (χ4n) is 10.7. The van der Waals surface area contributed by atoms with Gasteiger partial charge in [-0.15, -0.1) is 11.3 Å². The fourth-order valence-corrected chi connectivity index (χ4v) is 11.8. The molecule has 0 unspecified atom stereocenters. The van der Waals surface area contributed by atoms with Crippen molar-refractivity contribution in [1.82, 2.24) is 4.57 Å². The number of aromatic nitrogens is 1. The van der Waals surface area contributed by atoms with Crippen LogP contribution in [-0.4, -0.2) is 11.8 Å². The van der Waals surface area contributed by atoms with E-state index in [1.54, 1.807) is 0 Å². The first-order valence-corrected chi connectivity index (χ1v) is 21.9. The summed E-state index contributed by atoms with van der Waals surface area (Å²) in [5.74, 6) is 0. The number of nitrogens with zero attached hydrogens (tertiary/aromatic N) is 1. The van der Waals surface area contributed by atoms with Gasteiger partial charge in [-0.3, -0.25) is 0 Å². The Labute approximate surface area is 353 Å². The summed E-state index contributed by atoms with van der Waals surface area (Å²) in [6.45, 7) is 11.6. The number of furan rings is 1. The van der Waals surface area contributed by atoms with Gasteiger partial charge in [-0.1, -0.05) is 131 Å². The van der Waals surface area contributed by atoms with Gasteiger partial charge in [0.2, 0.25) is 0 Å². The van der Waals surface area contributed by atoms with Crippen LogP contribution in [0, 0.1) is 0 Å². The molecule has 0 amide bonds. The molecule has 13 rings (SSSR count). The Morgan fingerprint density at radius 3 is 2.20 bits per heavy atom. The lowest BCUT2D eigenvalue weighted by Gasteiger charge is -2.25. The zero-order chi connectivity index (χ0) is 40.2. The summed E-state index contributed by atoms with van der Waals surface area (Å²) >= 11 is 1.90. The number of benzene rings is 8. The van der Waals surface area contributed by atoms with Crippen LogP contribution in [-0.2, 0) is 10.8 Å². The van der Waals surface area contributed by atoms with E-state index in [9.17, 15) is 0 Å². The maximum atomic E-state index is 6.53. The van der Waals surface area contributed by atoms with Gasteiger partial charge >= 0.3 is 0 Å². The quantitative estimate of drug-likeness (QED) is 0.181. The van der Waals surface area contributed by atoms with Crippen molar-refractivity contribution < 1.29 is 4.42 Å². The first-order valence-electron chi connectivity index (χ1n) is 21.1. The molecule has 0 saturated heterocycles. The van der Waals surface area contributed by atoms with Gasteiger partial charge in [-0.25, -0.2) is 0 Å². The maximum absolute atomic E-state index is 6.53. The lowest BCUT2D eigenvalue weighted by molar-refractivity contribution is 0.590. The predicted octanol–water partition coefficient (Wildman–Crippen LogP) is 13.8. The standard InChI is InChI=1S/C55H41BN2OS/c1-54(2,3)30-18-20-31(21-19-30)57-45-28-49-40(33-13-7-10-16-48(33)59-49)25-38(45)35-22-23-36-39-24-37-32-12-6-9-15-42(32)55(4,5)43(37)27-46(39)58-47-29-51-41(26-44(47)56-52(35)53(36)58)34-14-8-11-17-50(34)60-51/h6-29,56-57H,1-5H3. The van der Waals surface area contributed by atoms with Crippen LogP contribution >= 0.6 is 11.3 Å². The van der Waals surface area contributed by atoms with E-state index in [1.165, 1.54) is 97.5 Å². The molecule has 3 nitrogen and oxygen atoms in total. The van der Waals surface area contributed by atoms with E-state index in [-0.39, 0.29) is 10.8 Å². The van der Waals surface area contributed by atoms with Crippen LogP contribution in [0.3, 0.4) is 0 Å². The summed E-state index contributed by atoms with van der Waals surface area (Å²) in [5.41, 5.74) is 19.7. The molecule has 8 aromatic carbocycles. The Kier molecular flexibility index (Phi) is 6.75. The van der Waals surface area contributed by atoms with E-state index in [0.717, 1.165) is 40.6 Å². The van der Waals surface area contributed by atoms with Crippen LogP contribution in [0.25, 0.3) is 91.9 Å². The van der Waals surface area contributed by atoms with Crippen molar-refractivity contribution in [2.24, 2.45) is 0 Å². The molecule has 1 N–H and O–H groups in total. The van der Waals surface area contributed by atoms with Crippen LogP contribution in [0.1, 0.15) is 51.3 Å². The highest BCUT2D eigenvalue weighted by molar-refractivity contribution is 7.25. The molecule has 11 aromatic rings. The number of fused-ring (bicyclic) bond motifs is 14. The number of rotatable bonds is 3. The highest BCUT2D eigenvalue weighted by atomic mass is 32.1. The van der Waals surface area contributed by atoms with E-state index < -0.39 is 0 Å². The molecule has 0 spiro atoms. The first kappa shape index (κ1) is 34.3. The molecule has 1 aliphatic heterocycles. The van der Waals surface area contributed by atoms with Gasteiger partial charge in [0.25, 0.3) is 0 Å². The lowest BCUT2D eigenvalue weighted by atomic mass is 9.59. The minimum atomic E-state index is -0.105. The summed E-state index contributed by atoms with van der Waals surface area (Å²) in [5, 5.41) is 11.4. The number of hydrogen-bond acceptors (Lipinski definition) is 3. The molecule has 1 aliphatic carbocycles. The second kappa shape index (κ2) is 11.8. The third-order valence-corrected chi connectivity index (χ3v) is 14.9. The van der Waals surface area contributed by atoms with E-state index in [1.807, 2.05) is 11.3 Å². The van der Waals surface area contributed by atoms with Crippen LogP contribution in [0.2, 0.25) is 0 Å². The van der Waals surface area contributed by atoms with Crippen molar-refractivity contribution in [1.29, 1.82) is 0 Å². The molecule has 4 heterocycles. The molecule has 0 radical (unpaired) electrons. The molecule has 5 heteroatoms. The smallest absolute Gasteiger partial charge is 0.198 e. The molecule has 2 aliphatic rings. The number of nitrogens with one attached hydrogen (secondary N) is 1. The molecule has 3 aromatic heterocycles. The topological polar surface area (TPSA) is 30.1 Å². The lowest BCUT2D eigenvalue weighted by Crippen LogP contribution is -2.37. The normalized spacial score (nSPS) is 14.0. The third kappa shape index (κ3) is 4.67. The highest BCUT2D eigenvalue weighted by Gasteiger charge is 2.37. The number of thiophene rings is 1. The largest absolute Gasteiger partial charge is 0.456 e. The van der Waals surface area contributed by atoms with Crippen molar-refractivity contribution in [2.45, 2.75) is 45.4 Å². The van der Waals surface area contributed by atoms with Gasteiger partial charge in [-0.05, 0) is 98.2 Å². The molecule has 286 valence electrons. The van der Waals surface area contributed by atoms with Crippen LogP contribution in [0.5, 0.6) is 0 Å². The minimum absolute atomic E-state index is 0.0733. The minimum Gasteiger partial charge on any atom is -0.456 e. The Balaban J connectivity index is 1.11. The Morgan fingerprint density at radius 2 is 1.35 bits per heavy atom. The maximum Gasteiger partial charge on any atom is 0.198 e. The monoisotopic (exact) mass is 788 g/mol. The predicted molar refractivity (Wildman–Crippen MR) is 259 cm³/mol. The number of anilines is 2. The first-order chi connectivity index (χ1) is 29.1. The summed E-state index contributed by atoms with van der Waals surface area (Å²) in [4.78, 5) is 0. The van der Waals surface area contributed by atoms with Crippen LogP contribution in [0.4, 0.5) is 11.4 Å². The van der Waals surface area contributed by atoms with Crippen molar-refractivity contribution in [3.05, 3.63) is 162 Å². The molecule has 60 heavy (non-hydrogen) atoms. The van der Waals surface area contributed by atoms with Gasteiger partial charge in [0.05, 0.1) is 11.2 Å². The van der Waals surface area contributed by atoms with Crippen LogP contribution < -0.4 is 16.2 Å². The van der Waals surface area contributed by atoms with Gasteiger partial charge in [0, 0.05) is 70.3 Å². The van der Waals surface area contributed by atoms with Crippen LogP contribution in [0.15, 0.2) is 150 Å². The van der Waals surface area contributed by atoms with Crippen molar-refractivity contribution >= 4 is 105 Å². The molecule has 0 saturated carbocycles. The van der Waals surface area contributed by atoms with Crippen molar-refractivity contribution in [3.8, 4) is 27.9 Å². The molecular formula is C55H41BN2OS. The SMILES string of the molecule is CC(C)(C)c1ccc(Nc2cc3oc4ccccc4c3cc2-c2ccc3c4cc5c(cc4n4c3c2Bc2cc3c(cc2-4)sc2ccccc23)C(C)(C)c2ccccc2-5)cc1. The number of hydrogen-bond donors (Lipinski definition) is 1. The summed E-state index contributed by atoms with van der Waals surface area (Å²) in [6.07, 6.45) is 0. The van der Waals surface area contributed by atoms with E-state index in [0.29, 0.717) is 0 Å². The Hall–Kier alpha value is -6.56. The van der Waals surface area contributed by atoms with Gasteiger partial charge in [-0.2, -0.15) is 0 Å². The van der Waals surface area contributed by atoms with Crippen molar-refractivity contribution in [2.75, 3.05) is 5.32 Å². The second-order valence-corrected chi connectivity index (χ2v) is 19.7. The molecular weight excluding hydrogens is 747 g/mol. The zero-order valence-electron chi connectivity index (χ0n) is 34.3. The van der Waals surface area contributed by atoms with E-state index in [4.69, 9.17) is 4.42 Å². The van der Waals surface area contributed by atoms with E-state index >= 15 is 0 Å². The Morgan fingerprint density at radius 1 is 0.583 bits per heavy atom. The summed E-state index contributed by atoms with van der Waals surface area (Å²) < 4.78 is 11.8. The molecule has 0 atom stereocenters. The fraction of sp³-hybridized carbons (Fsp3) is 0.127. The number of para-hydroxylation sites is 1.